The van der Waals surface area contributed by atoms with Crippen LogP contribution in [0.3, 0.4) is 0 Å². The van der Waals surface area contributed by atoms with Crippen molar-refractivity contribution in [3.63, 3.8) is 0 Å². The molecule has 0 aromatic heterocycles. The molecule has 1 aromatic carbocycles. The second-order valence-corrected chi connectivity index (χ2v) is 5.43. The SMILES string of the molecule is CC1Cc2ccccc2/C1=N/C(C)(C)C. The van der Waals surface area contributed by atoms with Gasteiger partial charge in [-0.25, -0.2) is 0 Å². The number of aliphatic imine (C=N–C) groups is 1. The average Bonchev–Trinajstić information content (AvgIpc) is 2.41. The second kappa shape index (κ2) is 3.48. The Hall–Kier alpha value is -1.11. The monoisotopic (exact) mass is 201 g/mol. The van der Waals surface area contributed by atoms with Gasteiger partial charge < -0.3 is 0 Å². The van der Waals surface area contributed by atoms with Crippen LogP contribution in [0.5, 0.6) is 0 Å². The molecule has 1 aliphatic carbocycles. The standard InChI is InChI=1S/C14H19N/c1-10-9-11-7-5-6-8-12(11)13(10)15-14(2,3)4/h5-8,10H,9H2,1-4H3/b15-13+. The Labute approximate surface area is 92.2 Å². The third kappa shape index (κ3) is 2.11. The van der Waals surface area contributed by atoms with E-state index in [1.165, 1.54) is 16.8 Å². The highest BCUT2D eigenvalue weighted by molar-refractivity contribution is 6.06. The van der Waals surface area contributed by atoms with E-state index in [0.29, 0.717) is 5.92 Å². The normalized spacial score (nSPS) is 23.2. The van der Waals surface area contributed by atoms with Gasteiger partial charge >= 0.3 is 0 Å². The van der Waals surface area contributed by atoms with Crippen LogP contribution in [0.25, 0.3) is 0 Å². The van der Waals surface area contributed by atoms with Gasteiger partial charge in [0, 0.05) is 11.6 Å². The molecule has 1 heteroatoms. The highest BCUT2D eigenvalue weighted by Gasteiger charge is 2.25. The van der Waals surface area contributed by atoms with E-state index in [0.717, 1.165) is 6.42 Å². The van der Waals surface area contributed by atoms with Crippen molar-refractivity contribution in [3.8, 4) is 0 Å². The van der Waals surface area contributed by atoms with E-state index in [1.54, 1.807) is 0 Å². The number of benzene rings is 1. The van der Waals surface area contributed by atoms with E-state index in [-0.39, 0.29) is 5.54 Å². The topological polar surface area (TPSA) is 12.4 Å². The predicted molar refractivity (Wildman–Crippen MR) is 65.6 cm³/mol. The van der Waals surface area contributed by atoms with Gasteiger partial charge in [0.2, 0.25) is 0 Å². The number of rotatable bonds is 0. The summed E-state index contributed by atoms with van der Waals surface area (Å²) in [5.41, 5.74) is 4.13. The Bertz CT molecular complexity index is 396. The molecule has 15 heavy (non-hydrogen) atoms. The molecule has 0 aliphatic heterocycles. The molecule has 0 saturated heterocycles. The van der Waals surface area contributed by atoms with Crippen molar-refractivity contribution in [2.45, 2.75) is 39.7 Å². The molecule has 1 nitrogen and oxygen atoms in total. The summed E-state index contributed by atoms with van der Waals surface area (Å²) < 4.78 is 0. The second-order valence-electron chi connectivity index (χ2n) is 5.43. The van der Waals surface area contributed by atoms with E-state index < -0.39 is 0 Å². The Balaban J connectivity index is 2.47. The Morgan fingerprint density at radius 2 is 1.87 bits per heavy atom. The minimum atomic E-state index is 0.0288. The van der Waals surface area contributed by atoms with Gasteiger partial charge in [-0.1, -0.05) is 31.2 Å². The lowest BCUT2D eigenvalue weighted by Crippen LogP contribution is -2.17. The van der Waals surface area contributed by atoms with Gasteiger partial charge in [0.05, 0.1) is 5.54 Å². The van der Waals surface area contributed by atoms with Gasteiger partial charge in [0.25, 0.3) is 0 Å². The summed E-state index contributed by atoms with van der Waals surface area (Å²) in [4.78, 5) is 4.85. The zero-order valence-corrected chi connectivity index (χ0v) is 10.0. The molecule has 1 atom stereocenters. The molecular formula is C14H19N. The minimum Gasteiger partial charge on any atom is -0.283 e. The first-order valence-electron chi connectivity index (χ1n) is 5.65. The molecule has 0 amide bonds. The fourth-order valence-corrected chi connectivity index (χ4v) is 2.17. The Morgan fingerprint density at radius 1 is 1.20 bits per heavy atom. The van der Waals surface area contributed by atoms with Gasteiger partial charge in [-0.05, 0) is 38.3 Å². The first-order chi connectivity index (χ1) is 6.97. The third-order valence-corrected chi connectivity index (χ3v) is 2.74. The lowest BCUT2D eigenvalue weighted by atomic mass is 10.0. The number of fused-ring (bicyclic) bond motifs is 1. The molecule has 0 spiro atoms. The van der Waals surface area contributed by atoms with Crippen LogP contribution in [0, 0.1) is 5.92 Å². The summed E-state index contributed by atoms with van der Waals surface area (Å²) in [6.07, 6.45) is 1.14. The maximum absolute atomic E-state index is 4.85. The molecule has 0 saturated carbocycles. The zero-order valence-electron chi connectivity index (χ0n) is 10.0. The van der Waals surface area contributed by atoms with Crippen LogP contribution in [-0.4, -0.2) is 11.3 Å². The molecule has 0 heterocycles. The van der Waals surface area contributed by atoms with Crippen LogP contribution in [0.1, 0.15) is 38.8 Å². The summed E-state index contributed by atoms with van der Waals surface area (Å²) in [6.45, 7) is 8.75. The van der Waals surface area contributed by atoms with Gasteiger partial charge in [0.1, 0.15) is 0 Å². The molecule has 0 fully saturated rings. The summed E-state index contributed by atoms with van der Waals surface area (Å²) in [5, 5.41) is 0. The first kappa shape index (κ1) is 10.4. The van der Waals surface area contributed by atoms with Crippen LogP contribution in [0.15, 0.2) is 29.3 Å². The van der Waals surface area contributed by atoms with Gasteiger partial charge in [0.15, 0.2) is 0 Å². The van der Waals surface area contributed by atoms with Crippen molar-refractivity contribution in [1.82, 2.24) is 0 Å². The minimum absolute atomic E-state index is 0.0288. The largest absolute Gasteiger partial charge is 0.283 e. The fourth-order valence-electron chi connectivity index (χ4n) is 2.17. The maximum Gasteiger partial charge on any atom is 0.0527 e. The molecule has 0 radical (unpaired) electrons. The molecule has 1 aliphatic rings. The fraction of sp³-hybridized carbons (Fsp3) is 0.500. The third-order valence-electron chi connectivity index (χ3n) is 2.74. The Kier molecular flexibility index (Phi) is 2.41. The predicted octanol–water partition coefficient (Wildman–Crippen LogP) is 3.47. The smallest absolute Gasteiger partial charge is 0.0527 e. The van der Waals surface area contributed by atoms with E-state index in [2.05, 4.69) is 52.0 Å². The van der Waals surface area contributed by atoms with Crippen molar-refractivity contribution in [2.24, 2.45) is 10.9 Å². The molecule has 1 aromatic rings. The number of nitrogens with zero attached hydrogens (tertiary/aromatic N) is 1. The number of hydrogen-bond donors (Lipinski definition) is 0. The summed E-state index contributed by atoms with van der Waals surface area (Å²) >= 11 is 0. The average molecular weight is 201 g/mol. The summed E-state index contributed by atoms with van der Waals surface area (Å²) in [6, 6.07) is 8.64. The lowest BCUT2D eigenvalue weighted by Gasteiger charge is -2.16. The van der Waals surface area contributed by atoms with Crippen molar-refractivity contribution in [3.05, 3.63) is 35.4 Å². The van der Waals surface area contributed by atoms with Crippen LogP contribution >= 0.6 is 0 Å². The van der Waals surface area contributed by atoms with Gasteiger partial charge in [-0.15, -0.1) is 0 Å². The van der Waals surface area contributed by atoms with Gasteiger partial charge in [-0.3, -0.25) is 4.99 Å². The van der Waals surface area contributed by atoms with Crippen LogP contribution in [0.2, 0.25) is 0 Å². The van der Waals surface area contributed by atoms with Crippen molar-refractivity contribution < 1.29 is 0 Å². The molecule has 2 rings (SSSR count). The maximum atomic E-state index is 4.85. The Morgan fingerprint density at radius 3 is 2.53 bits per heavy atom. The molecule has 0 N–H and O–H groups in total. The van der Waals surface area contributed by atoms with Crippen molar-refractivity contribution in [1.29, 1.82) is 0 Å². The van der Waals surface area contributed by atoms with Crippen LogP contribution in [0.4, 0.5) is 0 Å². The molecule has 80 valence electrons. The van der Waals surface area contributed by atoms with E-state index >= 15 is 0 Å². The van der Waals surface area contributed by atoms with E-state index in [9.17, 15) is 0 Å². The first-order valence-corrected chi connectivity index (χ1v) is 5.65. The highest BCUT2D eigenvalue weighted by Crippen LogP contribution is 2.28. The van der Waals surface area contributed by atoms with E-state index in [4.69, 9.17) is 4.99 Å². The molecule has 1 unspecified atom stereocenters. The molecular weight excluding hydrogens is 182 g/mol. The van der Waals surface area contributed by atoms with Crippen LogP contribution in [-0.2, 0) is 6.42 Å². The summed E-state index contributed by atoms with van der Waals surface area (Å²) in [5.74, 6) is 0.571. The van der Waals surface area contributed by atoms with Crippen molar-refractivity contribution >= 4 is 5.71 Å². The van der Waals surface area contributed by atoms with E-state index in [1.807, 2.05) is 0 Å². The van der Waals surface area contributed by atoms with Crippen molar-refractivity contribution in [2.75, 3.05) is 0 Å². The lowest BCUT2D eigenvalue weighted by molar-refractivity contribution is 0.577. The molecule has 0 bridgehead atoms. The van der Waals surface area contributed by atoms with Gasteiger partial charge in [-0.2, -0.15) is 0 Å². The quantitative estimate of drug-likeness (QED) is 0.609. The van der Waals surface area contributed by atoms with Crippen LogP contribution < -0.4 is 0 Å². The zero-order chi connectivity index (χ0) is 11.1. The number of hydrogen-bond acceptors (Lipinski definition) is 1. The summed E-state index contributed by atoms with van der Waals surface area (Å²) in [7, 11) is 0. The highest BCUT2D eigenvalue weighted by atomic mass is 14.8.